The standard InChI is InChI=1S/C10H12FO2/c1-2-6-13-9-5-3-4-8(7-12)10(9)11/h3-5,7,12H,2,6H2,1H3. The molecule has 0 aliphatic heterocycles. The highest BCUT2D eigenvalue weighted by Gasteiger charge is 2.07. The van der Waals surface area contributed by atoms with Crippen molar-refractivity contribution in [1.29, 1.82) is 0 Å². The number of ether oxygens (including phenoxy) is 1. The number of aliphatic hydroxyl groups excluding tert-OH is 1. The van der Waals surface area contributed by atoms with Crippen LogP contribution in [0, 0.1) is 12.4 Å². The van der Waals surface area contributed by atoms with E-state index in [1.807, 2.05) is 6.92 Å². The summed E-state index contributed by atoms with van der Waals surface area (Å²) in [6, 6.07) is 4.66. The lowest BCUT2D eigenvalue weighted by Gasteiger charge is -2.07. The van der Waals surface area contributed by atoms with Gasteiger partial charge in [-0.15, -0.1) is 0 Å². The van der Waals surface area contributed by atoms with Gasteiger partial charge in [0.2, 0.25) is 0 Å². The molecule has 0 amide bonds. The Labute approximate surface area is 77.0 Å². The molecular weight excluding hydrogens is 171 g/mol. The molecule has 1 aromatic rings. The first-order valence-corrected chi connectivity index (χ1v) is 4.18. The maximum atomic E-state index is 13.3. The summed E-state index contributed by atoms with van der Waals surface area (Å²) in [5.41, 5.74) is 0.147. The van der Waals surface area contributed by atoms with Crippen LogP contribution in [0.4, 0.5) is 4.39 Å². The average molecular weight is 183 g/mol. The monoisotopic (exact) mass is 183 g/mol. The molecule has 3 heteroatoms. The number of benzene rings is 1. The summed E-state index contributed by atoms with van der Waals surface area (Å²) in [5.74, 6) is -0.330. The van der Waals surface area contributed by atoms with Crippen LogP contribution in [-0.4, -0.2) is 11.7 Å². The quantitative estimate of drug-likeness (QED) is 0.777. The van der Waals surface area contributed by atoms with E-state index in [0.717, 1.165) is 13.0 Å². The van der Waals surface area contributed by atoms with Gasteiger partial charge in [0.05, 0.1) is 6.61 Å². The fraction of sp³-hybridized carbons (Fsp3) is 0.300. The van der Waals surface area contributed by atoms with Crippen molar-refractivity contribution >= 4 is 0 Å². The second-order valence-corrected chi connectivity index (χ2v) is 2.64. The summed E-state index contributed by atoms with van der Waals surface area (Å²) in [6.45, 7) is 3.15. The molecule has 2 nitrogen and oxygen atoms in total. The molecule has 1 radical (unpaired) electrons. The van der Waals surface area contributed by atoms with E-state index in [9.17, 15) is 4.39 Å². The van der Waals surface area contributed by atoms with Gasteiger partial charge < -0.3 is 9.84 Å². The molecule has 1 N–H and O–H groups in total. The van der Waals surface area contributed by atoms with Gasteiger partial charge in [0.1, 0.15) is 6.61 Å². The van der Waals surface area contributed by atoms with E-state index in [1.54, 1.807) is 6.07 Å². The van der Waals surface area contributed by atoms with Crippen LogP contribution in [0.15, 0.2) is 18.2 Å². The van der Waals surface area contributed by atoms with Crippen LogP contribution < -0.4 is 4.74 Å². The minimum atomic E-state index is -0.515. The lowest BCUT2D eigenvalue weighted by Crippen LogP contribution is -1.99. The summed E-state index contributed by atoms with van der Waals surface area (Å²) in [7, 11) is 0. The third kappa shape index (κ3) is 2.42. The minimum absolute atomic E-state index is 0.147. The Morgan fingerprint density at radius 2 is 2.31 bits per heavy atom. The lowest BCUT2D eigenvalue weighted by atomic mass is 10.2. The minimum Gasteiger partial charge on any atom is -0.491 e. The Hall–Kier alpha value is -1.09. The molecule has 0 saturated heterocycles. The SMILES string of the molecule is CCCOc1cccc([CH]O)c1F. The molecule has 0 aliphatic carbocycles. The van der Waals surface area contributed by atoms with Crippen LogP contribution in [-0.2, 0) is 0 Å². The molecular formula is C10H12FO2. The smallest absolute Gasteiger partial charge is 0.170 e. The maximum Gasteiger partial charge on any atom is 0.170 e. The number of hydrogen-bond acceptors (Lipinski definition) is 2. The van der Waals surface area contributed by atoms with E-state index in [0.29, 0.717) is 6.61 Å². The number of rotatable bonds is 4. The molecule has 0 spiro atoms. The predicted octanol–water partition coefficient (Wildman–Crippen LogP) is 2.50. The Morgan fingerprint density at radius 1 is 1.54 bits per heavy atom. The highest BCUT2D eigenvalue weighted by Crippen LogP contribution is 2.20. The van der Waals surface area contributed by atoms with Crippen LogP contribution in [0.5, 0.6) is 5.75 Å². The summed E-state index contributed by atoms with van der Waals surface area (Å²) in [5, 5.41) is 8.65. The molecule has 0 atom stereocenters. The van der Waals surface area contributed by atoms with E-state index in [4.69, 9.17) is 9.84 Å². The zero-order chi connectivity index (χ0) is 9.68. The van der Waals surface area contributed by atoms with Gasteiger partial charge in [-0.25, -0.2) is 4.39 Å². The van der Waals surface area contributed by atoms with Gasteiger partial charge in [-0.1, -0.05) is 19.1 Å². The second-order valence-electron chi connectivity index (χ2n) is 2.64. The molecule has 71 valence electrons. The van der Waals surface area contributed by atoms with Gasteiger partial charge in [-0.05, 0) is 12.5 Å². The topological polar surface area (TPSA) is 29.5 Å². The Kier molecular flexibility index (Phi) is 3.71. The zero-order valence-electron chi connectivity index (χ0n) is 7.46. The van der Waals surface area contributed by atoms with Crippen molar-refractivity contribution in [3.05, 3.63) is 36.2 Å². The van der Waals surface area contributed by atoms with Crippen LogP contribution in [0.25, 0.3) is 0 Å². The largest absolute Gasteiger partial charge is 0.491 e. The first-order valence-electron chi connectivity index (χ1n) is 4.18. The number of aliphatic hydroxyl groups is 1. The van der Waals surface area contributed by atoms with Crippen molar-refractivity contribution in [2.75, 3.05) is 6.61 Å². The normalized spacial score (nSPS) is 10.1. The first-order chi connectivity index (χ1) is 6.29. The van der Waals surface area contributed by atoms with Crippen molar-refractivity contribution < 1.29 is 14.2 Å². The zero-order valence-corrected chi connectivity index (χ0v) is 7.46. The van der Waals surface area contributed by atoms with Crippen LogP contribution in [0.2, 0.25) is 0 Å². The predicted molar refractivity (Wildman–Crippen MR) is 47.5 cm³/mol. The Balaban J connectivity index is 2.81. The van der Waals surface area contributed by atoms with Gasteiger partial charge in [0.25, 0.3) is 0 Å². The maximum absolute atomic E-state index is 13.3. The van der Waals surface area contributed by atoms with Crippen molar-refractivity contribution in [3.8, 4) is 5.75 Å². The van der Waals surface area contributed by atoms with Gasteiger partial charge in [0, 0.05) is 5.56 Å². The van der Waals surface area contributed by atoms with Crippen LogP contribution >= 0.6 is 0 Å². The van der Waals surface area contributed by atoms with Gasteiger partial charge >= 0.3 is 0 Å². The fourth-order valence-corrected chi connectivity index (χ4v) is 0.951. The average Bonchev–Trinajstić information content (AvgIpc) is 2.16. The second kappa shape index (κ2) is 4.82. The summed E-state index contributed by atoms with van der Waals surface area (Å²) < 4.78 is 18.4. The highest BCUT2D eigenvalue weighted by atomic mass is 19.1. The number of hydrogen-bond donors (Lipinski definition) is 1. The van der Waals surface area contributed by atoms with E-state index in [2.05, 4.69) is 0 Å². The molecule has 0 fully saturated rings. The Morgan fingerprint density at radius 3 is 2.92 bits per heavy atom. The summed E-state index contributed by atoms with van der Waals surface area (Å²) >= 11 is 0. The molecule has 0 bridgehead atoms. The fourth-order valence-electron chi connectivity index (χ4n) is 0.951. The van der Waals surface area contributed by atoms with Gasteiger partial charge in [-0.3, -0.25) is 0 Å². The first kappa shape index (κ1) is 9.99. The van der Waals surface area contributed by atoms with Gasteiger partial charge in [-0.2, -0.15) is 0 Å². The van der Waals surface area contributed by atoms with E-state index < -0.39 is 5.82 Å². The number of halogens is 1. The summed E-state index contributed by atoms with van der Waals surface area (Å²) in [6.07, 6.45) is 0.826. The van der Waals surface area contributed by atoms with Crippen LogP contribution in [0.1, 0.15) is 18.9 Å². The lowest BCUT2D eigenvalue weighted by molar-refractivity contribution is 0.299. The van der Waals surface area contributed by atoms with Crippen molar-refractivity contribution in [2.24, 2.45) is 0 Å². The third-order valence-corrected chi connectivity index (χ3v) is 1.59. The Bertz CT molecular complexity index is 274. The molecule has 1 rings (SSSR count). The van der Waals surface area contributed by atoms with Crippen molar-refractivity contribution in [1.82, 2.24) is 0 Å². The molecule has 1 aromatic carbocycles. The molecule has 0 aliphatic rings. The van der Waals surface area contributed by atoms with Gasteiger partial charge in [0.15, 0.2) is 11.6 Å². The molecule has 13 heavy (non-hydrogen) atoms. The highest BCUT2D eigenvalue weighted by molar-refractivity contribution is 5.33. The van der Waals surface area contributed by atoms with Crippen LogP contribution in [0.3, 0.4) is 0 Å². The van der Waals surface area contributed by atoms with E-state index in [1.165, 1.54) is 12.1 Å². The molecule has 0 heterocycles. The molecule has 0 unspecified atom stereocenters. The van der Waals surface area contributed by atoms with Crippen molar-refractivity contribution in [2.45, 2.75) is 13.3 Å². The molecule has 0 saturated carbocycles. The summed E-state index contributed by atoms with van der Waals surface area (Å²) in [4.78, 5) is 0. The van der Waals surface area contributed by atoms with E-state index >= 15 is 0 Å². The van der Waals surface area contributed by atoms with Crippen molar-refractivity contribution in [3.63, 3.8) is 0 Å². The van der Waals surface area contributed by atoms with E-state index in [-0.39, 0.29) is 11.3 Å². The third-order valence-electron chi connectivity index (χ3n) is 1.59. The molecule has 0 aromatic heterocycles.